The number of amidine groups is 1. The molecular weight excluding hydrogens is 456 g/mol. The van der Waals surface area contributed by atoms with E-state index >= 15 is 0 Å². The Morgan fingerprint density at radius 2 is 1.91 bits per heavy atom. The molecule has 176 valence electrons. The molecule has 1 fully saturated rings. The van der Waals surface area contributed by atoms with Gasteiger partial charge in [-0.2, -0.15) is 0 Å². The number of hydrogen-bond acceptors (Lipinski definition) is 8. The van der Waals surface area contributed by atoms with E-state index in [1.165, 1.54) is 25.8 Å². The lowest BCUT2D eigenvalue weighted by molar-refractivity contribution is -0.141. The first-order valence-corrected chi connectivity index (χ1v) is 11.7. The Morgan fingerprint density at radius 1 is 1.15 bits per heavy atom. The van der Waals surface area contributed by atoms with Gasteiger partial charge in [0, 0.05) is 19.1 Å². The van der Waals surface area contributed by atoms with E-state index in [1.807, 2.05) is 30.3 Å². The fourth-order valence-electron chi connectivity index (χ4n) is 3.87. The summed E-state index contributed by atoms with van der Waals surface area (Å²) in [6, 6.07) is 13.6. The third kappa shape index (κ3) is 4.84. The molecule has 0 spiro atoms. The number of benzene rings is 2. The molecule has 1 saturated heterocycles. The van der Waals surface area contributed by atoms with E-state index < -0.39 is 18.0 Å². The smallest absolute Gasteiger partial charge is 0.338 e. The Balaban J connectivity index is 1.74. The molecule has 34 heavy (non-hydrogen) atoms. The van der Waals surface area contributed by atoms with Gasteiger partial charge in [-0.15, -0.1) is 0 Å². The predicted octanol–water partition coefficient (Wildman–Crippen LogP) is 4.01. The molecule has 9 heteroatoms. The second-order valence-corrected chi connectivity index (χ2v) is 8.79. The van der Waals surface area contributed by atoms with Crippen molar-refractivity contribution in [1.82, 2.24) is 4.90 Å². The standard InChI is InChI=1S/C25H24N2O6S/c1-15-22(24(30)32-14-17-7-5-4-6-8-17)23(27-21(29)11-12-34-25(27)26-15)18-9-10-19(33-16(2)28)20(13-18)31-3/h4-10,13,23H,11-12,14H2,1-3H3/t23-/m0/s1. The molecule has 2 aromatic carbocycles. The molecule has 2 heterocycles. The van der Waals surface area contributed by atoms with E-state index in [4.69, 9.17) is 14.2 Å². The van der Waals surface area contributed by atoms with Crippen molar-refractivity contribution in [1.29, 1.82) is 0 Å². The SMILES string of the molecule is COc1cc([C@H]2C(C(=O)OCc3ccccc3)=C(C)N=C3SCCC(=O)N32)ccc1OC(C)=O. The minimum absolute atomic E-state index is 0.0944. The van der Waals surface area contributed by atoms with Crippen molar-refractivity contribution < 1.29 is 28.6 Å². The van der Waals surface area contributed by atoms with Crippen molar-refractivity contribution >= 4 is 34.8 Å². The summed E-state index contributed by atoms with van der Waals surface area (Å²) < 4.78 is 16.3. The van der Waals surface area contributed by atoms with Gasteiger partial charge in [-0.05, 0) is 30.2 Å². The van der Waals surface area contributed by atoms with Crippen LogP contribution in [0.5, 0.6) is 11.5 Å². The Labute approximate surface area is 201 Å². The van der Waals surface area contributed by atoms with Gasteiger partial charge in [-0.3, -0.25) is 14.5 Å². The van der Waals surface area contributed by atoms with Gasteiger partial charge in [0.05, 0.1) is 24.4 Å². The van der Waals surface area contributed by atoms with Gasteiger partial charge in [-0.1, -0.05) is 48.2 Å². The molecule has 1 amide bonds. The molecule has 0 radical (unpaired) electrons. The lowest BCUT2D eigenvalue weighted by atomic mass is 9.93. The van der Waals surface area contributed by atoms with Gasteiger partial charge in [0.2, 0.25) is 5.91 Å². The highest BCUT2D eigenvalue weighted by Gasteiger charge is 2.42. The van der Waals surface area contributed by atoms with Crippen LogP contribution in [0, 0.1) is 0 Å². The number of carbonyl (C=O) groups is 3. The normalized spacial score (nSPS) is 17.6. The molecule has 2 aromatic rings. The van der Waals surface area contributed by atoms with Crippen molar-refractivity contribution in [3.63, 3.8) is 0 Å². The molecule has 0 unspecified atom stereocenters. The summed E-state index contributed by atoms with van der Waals surface area (Å²) in [6.45, 7) is 3.13. The van der Waals surface area contributed by atoms with Crippen LogP contribution in [0.2, 0.25) is 0 Å². The van der Waals surface area contributed by atoms with Crippen LogP contribution in [-0.2, 0) is 25.7 Å². The zero-order chi connectivity index (χ0) is 24.2. The number of carbonyl (C=O) groups excluding carboxylic acids is 3. The van der Waals surface area contributed by atoms with Crippen LogP contribution >= 0.6 is 11.8 Å². The molecule has 8 nitrogen and oxygen atoms in total. The van der Waals surface area contributed by atoms with Crippen molar-refractivity contribution in [2.45, 2.75) is 32.9 Å². The number of allylic oxidation sites excluding steroid dienone is 1. The van der Waals surface area contributed by atoms with Crippen molar-refractivity contribution in [3.8, 4) is 11.5 Å². The maximum atomic E-state index is 13.3. The van der Waals surface area contributed by atoms with Gasteiger partial charge in [-0.25, -0.2) is 9.79 Å². The summed E-state index contributed by atoms with van der Waals surface area (Å²) >= 11 is 1.47. The third-order valence-corrected chi connectivity index (χ3v) is 6.35. The highest BCUT2D eigenvalue weighted by molar-refractivity contribution is 8.14. The van der Waals surface area contributed by atoms with Gasteiger partial charge in [0.1, 0.15) is 6.61 Å². The maximum absolute atomic E-state index is 13.3. The van der Waals surface area contributed by atoms with Crippen LogP contribution < -0.4 is 9.47 Å². The van der Waals surface area contributed by atoms with Crippen LogP contribution in [0.1, 0.15) is 37.4 Å². The molecule has 2 aliphatic heterocycles. The average Bonchev–Trinajstić information content (AvgIpc) is 2.82. The number of thioether (sulfide) groups is 1. The number of methoxy groups -OCH3 is 1. The van der Waals surface area contributed by atoms with E-state index in [2.05, 4.69) is 4.99 Å². The number of rotatable bonds is 6. The monoisotopic (exact) mass is 480 g/mol. The van der Waals surface area contributed by atoms with Crippen molar-refractivity contribution in [2.75, 3.05) is 12.9 Å². The molecule has 0 saturated carbocycles. The summed E-state index contributed by atoms with van der Waals surface area (Å²) in [5, 5.41) is 0.543. The molecule has 4 rings (SSSR count). The molecule has 0 aromatic heterocycles. The Bertz CT molecular complexity index is 1190. The Morgan fingerprint density at radius 3 is 2.62 bits per heavy atom. The van der Waals surface area contributed by atoms with E-state index in [1.54, 1.807) is 30.0 Å². The van der Waals surface area contributed by atoms with Crippen LogP contribution in [0.3, 0.4) is 0 Å². The number of aliphatic imine (C=N–C) groups is 1. The second-order valence-electron chi connectivity index (χ2n) is 7.72. The van der Waals surface area contributed by atoms with E-state index in [0.29, 0.717) is 34.4 Å². The third-order valence-electron chi connectivity index (χ3n) is 5.40. The van der Waals surface area contributed by atoms with E-state index in [-0.39, 0.29) is 23.8 Å². The first-order valence-electron chi connectivity index (χ1n) is 10.7. The maximum Gasteiger partial charge on any atom is 0.338 e. The van der Waals surface area contributed by atoms with Crippen LogP contribution in [0.4, 0.5) is 0 Å². The van der Waals surface area contributed by atoms with Crippen molar-refractivity contribution in [2.24, 2.45) is 4.99 Å². The van der Waals surface area contributed by atoms with Gasteiger partial charge < -0.3 is 14.2 Å². The van der Waals surface area contributed by atoms with Gasteiger partial charge in [0.15, 0.2) is 16.7 Å². The lowest BCUT2D eigenvalue weighted by Crippen LogP contribution is -2.45. The Hall–Kier alpha value is -3.59. The quantitative estimate of drug-likeness (QED) is 0.455. The topological polar surface area (TPSA) is 94.5 Å². The average molecular weight is 481 g/mol. The molecular formula is C25H24N2O6S. The first kappa shape index (κ1) is 23.6. The fourth-order valence-corrected chi connectivity index (χ4v) is 4.87. The molecule has 0 bridgehead atoms. The minimum atomic E-state index is -0.753. The fraction of sp³-hybridized carbons (Fsp3) is 0.280. The van der Waals surface area contributed by atoms with Crippen molar-refractivity contribution in [3.05, 3.63) is 70.9 Å². The highest BCUT2D eigenvalue weighted by Crippen LogP contribution is 2.42. The molecule has 0 aliphatic carbocycles. The summed E-state index contributed by atoms with van der Waals surface area (Å²) in [7, 11) is 1.46. The van der Waals surface area contributed by atoms with Crippen LogP contribution in [0.25, 0.3) is 0 Å². The van der Waals surface area contributed by atoms with Crippen LogP contribution in [-0.4, -0.2) is 40.8 Å². The minimum Gasteiger partial charge on any atom is -0.493 e. The summed E-state index contributed by atoms with van der Waals surface area (Å²) in [4.78, 5) is 43.9. The first-order chi connectivity index (χ1) is 16.4. The zero-order valence-electron chi connectivity index (χ0n) is 19.1. The molecule has 0 N–H and O–H groups in total. The Kier molecular flexibility index (Phi) is 7.02. The molecule has 1 atom stereocenters. The summed E-state index contributed by atoms with van der Waals surface area (Å²) in [5.41, 5.74) is 2.22. The van der Waals surface area contributed by atoms with Gasteiger partial charge >= 0.3 is 11.9 Å². The number of nitrogens with zero attached hydrogens (tertiary/aromatic N) is 2. The molecule has 2 aliphatic rings. The number of fused-ring (bicyclic) bond motifs is 1. The zero-order valence-corrected chi connectivity index (χ0v) is 19.9. The van der Waals surface area contributed by atoms with E-state index in [0.717, 1.165) is 5.56 Å². The number of hydrogen-bond donors (Lipinski definition) is 0. The number of ether oxygens (including phenoxy) is 3. The van der Waals surface area contributed by atoms with Gasteiger partial charge in [0.25, 0.3) is 0 Å². The number of amides is 1. The predicted molar refractivity (Wildman–Crippen MR) is 127 cm³/mol. The second kappa shape index (κ2) is 10.1. The summed E-state index contributed by atoms with van der Waals surface area (Å²) in [5.74, 6) is 0.00487. The number of esters is 2. The largest absolute Gasteiger partial charge is 0.493 e. The van der Waals surface area contributed by atoms with Crippen LogP contribution in [0.15, 0.2) is 64.8 Å². The highest BCUT2D eigenvalue weighted by atomic mass is 32.2. The lowest BCUT2D eigenvalue weighted by Gasteiger charge is -2.39. The van der Waals surface area contributed by atoms with E-state index in [9.17, 15) is 14.4 Å². The summed E-state index contributed by atoms with van der Waals surface area (Å²) in [6.07, 6.45) is 0.328.